The highest BCUT2D eigenvalue weighted by atomic mass is 16.5. The lowest BCUT2D eigenvalue weighted by atomic mass is 9.94. The van der Waals surface area contributed by atoms with E-state index in [4.69, 9.17) is 4.74 Å². The summed E-state index contributed by atoms with van der Waals surface area (Å²) in [4.78, 5) is 5.46. The fourth-order valence-electron chi connectivity index (χ4n) is 5.17. The van der Waals surface area contributed by atoms with E-state index in [1.54, 1.807) is 11.1 Å². The Labute approximate surface area is 159 Å². The second-order valence-corrected chi connectivity index (χ2v) is 8.99. The minimum atomic E-state index is 0.481. The molecule has 0 saturated carbocycles. The van der Waals surface area contributed by atoms with Crippen LogP contribution in [0, 0.1) is 5.92 Å². The Hall–Kier alpha value is -0.900. The molecule has 1 unspecified atom stereocenters. The highest BCUT2D eigenvalue weighted by Gasteiger charge is 2.31. The van der Waals surface area contributed by atoms with Gasteiger partial charge >= 0.3 is 0 Å². The summed E-state index contributed by atoms with van der Waals surface area (Å²) >= 11 is 0. The van der Waals surface area contributed by atoms with Crippen molar-refractivity contribution in [2.24, 2.45) is 5.92 Å². The number of hydrogen-bond donors (Lipinski definition) is 0. The summed E-state index contributed by atoms with van der Waals surface area (Å²) < 4.78 is 5.89. The summed E-state index contributed by atoms with van der Waals surface area (Å²) in [6.45, 7) is 10.6. The minimum Gasteiger partial charge on any atom is -0.377 e. The summed E-state index contributed by atoms with van der Waals surface area (Å²) in [5.74, 6) is 0.860. The molecule has 0 radical (unpaired) electrons. The molecule has 3 nitrogen and oxygen atoms in total. The van der Waals surface area contributed by atoms with E-state index in [0.29, 0.717) is 12.1 Å². The quantitative estimate of drug-likeness (QED) is 0.772. The molecule has 1 aliphatic carbocycles. The lowest BCUT2D eigenvalue weighted by Crippen LogP contribution is -2.46. The van der Waals surface area contributed by atoms with Crippen LogP contribution in [0.5, 0.6) is 0 Å². The van der Waals surface area contributed by atoms with Crippen LogP contribution in [0.3, 0.4) is 0 Å². The van der Waals surface area contributed by atoms with E-state index in [9.17, 15) is 0 Å². The lowest BCUT2D eigenvalue weighted by Gasteiger charge is -2.39. The average molecular weight is 357 g/mol. The Bertz CT molecular complexity index is 548. The zero-order chi connectivity index (χ0) is 17.9. The minimum absolute atomic E-state index is 0.481. The van der Waals surface area contributed by atoms with Crippen molar-refractivity contribution in [2.75, 3.05) is 32.8 Å². The van der Waals surface area contributed by atoms with Crippen LogP contribution in [0.2, 0.25) is 0 Å². The Morgan fingerprint density at radius 3 is 2.31 bits per heavy atom. The predicted octanol–water partition coefficient (Wildman–Crippen LogP) is 3.76. The van der Waals surface area contributed by atoms with Crippen molar-refractivity contribution >= 4 is 0 Å². The fraction of sp³-hybridized carbons (Fsp3) is 0.739. The van der Waals surface area contributed by atoms with Crippen molar-refractivity contribution in [1.29, 1.82) is 0 Å². The van der Waals surface area contributed by atoms with Gasteiger partial charge in [-0.15, -0.1) is 0 Å². The van der Waals surface area contributed by atoms with Gasteiger partial charge in [0, 0.05) is 31.8 Å². The number of ether oxygens (including phenoxy) is 1. The Morgan fingerprint density at radius 2 is 1.73 bits per heavy atom. The second kappa shape index (κ2) is 8.41. The van der Waals surface area contributed by atoms with E-state index in [0.717, 1.165) is 25.1 Å². The second-order valence-electron chi connectivity index (χ2n) is 8.99. The van der Waals surface area contributed by atoms with E-state index < -0.39 is 0 Å². The first-order valence-electron chi connectivity index (χ1n) is 10.9. The van der Waals surface area contributed by atoms with Gasteiger partial charge in [0.05, 0.1) is 6.10 Å². The molecule has 4 rings (SSSR count). The van der Waals surface area contributed by atoms with Crippen LogP contribution < -0.4 is 0 Å². The number of piperidine rings is 1. The van der Waals surface area contributed by atoms with Gasteiger partial charge < -0.3 is 4.74 Å². The molecule has 0 N–H and O–H groups in total. The maximum absolute atomic E-state index is 5.89. The van der Waals surface area contributed by atoms with Crippen molar-refractivity contribution in [3.05, 3.63) is 35.4 Å². The van der Waals surface area contributed by atoms with Crippen LogP contribution in [0.1, 0.15) is 50.7 Å². The molecule has 3 aliphatic rings. The topological polar surface area (TPSA) is 15.7 Å². The summed E-state index contributed by atoms with van der Waals surface area (Å²) in [6, 6.07) is 10.4. The van der Waals surface area contributed by atoms with Crippen LogP contribution in [0.4, 0.5) is 0 Å². The number of nitrogens with zero attached hydrogens (tertiary/aromatic N) is 2. The van der Waals surface area contributed by atoms with Crippen molar-refractivity contribution in [3.63, 3.8) is 0 Å². The van der Waals surface area contributed by atoms with Crippen molar-refractivity contribution < 1.29 is 4.74 Å². The molecular formula is C23H36N2O. The normalized spacial score (nSPS) is 25.5. The van der Waals surface area contributed by atoms with Crippen LogP contribution in [-0.2, 0) is 17.6 Å². The van der Waals surface area contributed by atoms with Crippen molar-refractivity contribution in [2.45, 2.75) is 70.6 Å². The molecule has 2 saturated heterocycles. The Morgan fingerprint density at radius 1 is 1.04 bits per heavy atom. The Balaban J connectivity index is 1.25. The van der Waals surface area contributed by atoms with Gasteiger partial charge in [-0.1, -0.05) is 24.3 Å². The highest BCUT2D eigenvalue weighted by molar-refractivity contribution is 5.33. The molecule has 0 bridgehead atoms. The van der Waals surface area contributed by atoms with E-state index >= 15 is 0 Å². The van der Waals surface area contributed by atoms with Gasteiger partial charge in [-0.25, -0.2) is 0 Å². The standard InChI is InChI=1S/C23H36N2O/c1-18(2)25(17-23-8-5-13-26-23)16-19-9-11-24(12-10-19)22-14-20-6-3-4-7-21(20)15-22/h3-4,6-7,18-19,22-23H,5,8-17H2,1-2H3. The largest absolute Gasteiger partial charge is 0.377 e. The first-order chi connectivity index (χ1) is 12.7. The zero-order valence-electron chi connectivity index (χ0n) is 16.7. The van der Waals surface area contributed by atoms with Crippen LogP contribution in [0.25, 0.3) is 0 Å². The first-order valence-corrected chi connectivity index (χ1v) is 10.9. The van der Waals surface area contributed by atoms with E-state index in [1.165, 1.54) is 58.2 Å². The number of rotatable bonds is 6. The molecule has 0 amide bonds. The molecule has 0 spiro atoms. The summed E-state index contributed by atoms with van der Waals surface area (Å²) in [5, 5.41) is 0. The molecule has 1 aromatic carbocycles. The summed E-state index contributed by atoms with van der Waals surface area (Å²) in [5.41, 5.74) is 3.17. The third-order valence-corrected chi connectivity index (χ3v) is 6.88. The number of benzene rings is 1. The van der Waals surface area contributed by atoms with E-state index in [-0.39, 0.29) is 0 Å². The van der Waals surface area contributed by atoms with Crippen LogP contribution in [-0.4, -0.2) is 60.8 Å². The monoisotopic (exact) mass is 356 g/mol. The molecule has 1 atom stereocenters. The zero-order valence-corrected chi connectivity index (χ0v) is 16.7. The van der Waals surface area contributed by atoms with E-state index in [2.05, 4.69) is 47.9 Å². The van der Waals surface area contributed by atoms with Gasteiger partial charge in [0.25, 0.3) is 0 Å². The maximum Gasteiger partial charge on any atom is 0.0702 e. The number of hydrogen-bond acceptors (Lipinski definition) is 3. The Kier molecular flexibility index (Phi) is 5.97. The van der Waals surface area contributed by atoms with Gasteiger partial charge in [-0.3, -0.25) is 9.80 Å². The average Bonchev–Trinajstić information content (AvgIpc) is 3.31. The number of fused-ring (bicyclic) bond motifs is 1. The van der Waals surface area contributed by atoms with Gasteiger partial charge in [0.2, 0.25) is 0 Å². The van der Waals surface area contributed by atoms with Crippen LogP contribution in [0.15, 0.2) is 24.3 Å². The first kappa shape index (κ1) is 18.5. The molecule has 144 valence electrons. The maximum atomic E-state index is 5.89. The molecule has 1 aromatic rings. The van der Waals surface area contributed by atoms with Gasteiger partial charge in [0.1, 0.15) is 0 Å². The predicted molar refractivity (Wildman–Crippen MR) is 108 cm³/mol. The molecule has 2 heterocycles. The highest BCUT2D eigenvalue weighted by Crippen LogP contribution is 2.29. The lowest BCUT2D eigenvalue weighted by molar-refractivity contribution is 0.0451. The van der Waals surface area contributed by atoms with Crippen molar-refractivity contribution in [3.8, 4) is 0 Å². The molecule has 0 aromatic heterocycles. The van der Waals surface area contributed by atoms with Gasteiger partial charge in [-0.05, 0) is 82.5 Å². The molecule has 2 fully saturated rings. The van der Waals surface area contributed by atoms with Gasteiger partial charge in [-0.2, -0.15) is 0 Å². The summed E-state index contributed by atoms with van der Waals surface area (Å²) in [6.07, 6.45) is 8.23. The molecule has 2 aliphatic heterocycles. The smallest absolute Gasteiger partial charge is 0.0702 e. The van der Waals surface area contributed by atoms with Gasteiger partial charge in [0.15, 0.2) is 0 Å². The molecule has 3 heteroatoms. The number of likely N-dealkylation sites (tertiary alicyclic amines) is 1. The SMILES string of the molecule is CC(C)N(CC1CCN(C2Cc3ccccc3C2)CC1)CC1CCCO1. The molecule has 26 heavy (non-hydrogen) atoms. The van der Waals surface area contributed by atoms with E-state index in [1.807, 2.05) is 0 Å². The fourth-order valence-corrected chi connectivity index (χ4v) is 5.17. The summed E-state index contributed by atoms with van der Waals surface area (Å²) in [7, 11) is 0. The van der Waals surface area contributed by atoms with Crippen molar-refractivity contribution in [1.82, 2.24) is 9.80 Å². The molecular weight excluding hydrogens is 320 g/mol. The third kappa shape index (κ3) is 4.32. The van der Waals surface area contributed by atoms with Crippen LogP contribution >= 0.6 is 0 Å². The third-order valence-electron chi connectivity index (χ3n) is 6.88.